The molecule has 3 saturated heterocycles. The number of benzene rings is 2. The minimum absolute atomic E-state index is 0.0231. The Hall–Kier alpha value is -4.15. The Morgan fingerprint density at radius 3 is 2.68 bits per heavy atom. The smallest absolute Gasteiger partial charge is 0.319 e. The number of ether oxygens (including phenoxy) is 3. The molecule has 0 amide bonds. The van der Waals surface area contributed by atoms with Crippen LogP contribution in [0.2, 0.25) is 0 Å². The first kappa shape index (κ1) is 35.9. The molecule has 8 rings (SSSR count). The van der Waals surface area contributed by atoms with Gasteiger partial charge in [0.05, 0.1) is 49.5 Å². The monoisotopic (exact) mass is 727 g/mol. The van der Waals surface area contributed by atoms with Crippen molar-refractivity contribution in [3.8, 4) is 35.4 Å². The molecule has 0 radical (unpaired) electrons. The summed E-state index contributed by atoms with van der Waals surface area (Å²) in [6.07, 6.45) is 15.0. The lowest BCUT2D eigenvalue weighted by Gasteiger charge is -2.51. The standard InChI is InChI=1S/C41H47F2N5O5/c1-5-29-32(42)10-9-26-18-28(49)19-30(34(26)29)36-35(43)37-31(20-44-36)38(47-14-15-51-22-40(4,50)21-47)46-39(45-37)52-23-41-11-6-8-33(41)48(13-7-12-41)27-16-24(2)53-25(3)17-27/h1,9-10,18-20,24-25,27,33,49-50H,6-8,11-17,21-23H2,2-4H3/t24-,25+,27?,33?,40-,41+/m0/s1. The van der Waals surface area contributed by atoms with Crippen LogP contribution in [-0.2, 0) is 9.47 Å². The number of aromatic nitrogens is 3. The summed E-state index contributed by atoms with van der Waals surface area (Å²) in [5.41, 5.74) is -1.43. The lowest BCUT2D eigenvalue weighted by Crippen LogP contribution is -2.57. The number of hydrogen-bond acceptors (Lipinski definition) is 10. The van der Waals surface area contributed by atoms with E-state index in [1.165, 1.54) is 30.5 Å². The number of phenolic OH excluding ortho intramolecular Hbond substituents is 1. The fourth-order valence-electron chi connectivity index (χ4n) is 9.68. The van der Waals surface area contributed by atoms with Crippen LogP contribution in [0.3, 0.4) is 0 Å². The molecule has 2 aromatic heterocycles. The topological polar surface area (TPSA) is 113 Å². The molecule has 4 fully saturated rings. The van der Waals surface area contributed by atoms with Crippen molar-refractivity contribution in [1.29, 1.82) is 0 Å². The first-order valence-corrected chi connectivity index (χ1v) is 18.8. The average Bonchev–Trinajstić information content (AvgIpc) is 3.47. The first-order valence-electron chi connectivity index (χ1n) is 18.8. The second-order valence-corrected chi connectivity index (χ2v) is 15.9. The molecular weight excluding hydrogens is 680 g/mol. The van der Waals surface area contributed by atoms with Gasteiger partial charge in [0, 0.05) is 41.2 Å². The molecular formula is C41H47F2N5O5. The number of phenols is 1. The van der Waals surface area contributed by atoms with Crippen LogP contribution in [-0.4, -0.2) is 99.4 Å². The van der Waals surface area contributed by atoms with Gasteiger partial charge in [-0.1, -0.05) is 18.4 Å². The molecule has 12 heteroatoms. The Morgan fingerprint density at radius 2 is 1.89 bits per heavy atom. The molecule has 6 atom stereocenters. The van der Waals surface area contributed by atoms with Crippen molar-refractivity contribution in [3.63, 3.8) is 0 Å². The second-order valence-electron chi connectivity index (χ2n) is 15.9. The number of aliphatic hydroxyl groups is 1. The number of fused-ring (bicyclic) bond motifs is 3. The predicted octanol–water partition coefficient (Wildman–Crippen LogP) is 6.37. The molecule has 0 bridgehead atoms. The number of aromatic hydroxyl groups is 1. The summed E-state index contributed by atoms with van der Waals surface area (Å²) < 4.78 is 50.4. The Kier molecular flexibility index (Phi) is 9.42. The third-order valence-corrected chi connectivity index (χ3v) is 11.8. The lowest BCUT2D eigenvalue weighted by molar-refractivity contribution is -0.0967. The van der Waals surface area contributed by atoms with Crippen molar-refractivity contribution in [2.45, 2.75) is 95.6 Å². The summed E-state index contributed by atoms with van der Waals surface area (Å²) in [5, 5.41) is 22.7. The summed E-state index contributed by atoms with van der Waals surface area (Å²) in [4.78, 5) is 18.6. The van der Waals surface area contributed by atoms with Crippen LogP contribution in [0.5, 0.6) is 11.8 Å². The van der Waals surface area contributed by atoms with Gasteiger partial charge in [-0.25, -0.2) is 8.78 Å². The van der Waals surface area contributed by atoms with E-state index in [1.54, 1.807) is 6.92 Å². The number of likely N-dealkylation sites (tertiary alicyclic amines) is 1. The van der Waals surface area contributed by atoms with Crippen LogP contribution in [0.1, 0.15) is 71.3 Å². The van der Waals surface area contributed by atoms with E-state index in [4.69, 9.17) is 25.6 Å². The molecule has 4 aromatic rings. The van der Waals surface area contributed by atoms with Crippen LogP contribution in [0.15, 0.2) is 30.5 Å². The van der Waals surface area contributed by atoms with Gasteiger partial charge in [-0.05, 0) is 89.4 Å². The molecule has 2 N–H and O–H groups in total. The molecule has 1 aliphatic carbocycles. The normalized spacial score (nSPS) is 29.6. The summed E-state index contributed by atoms with van der Waals surface area (Å²) in [6, 6.07) is 6.32. The van der Waals surface area contributed by atoms with E-state index in [-0.39, 0.29) is 70.3 Å². The van der Waals surface area contributed by atoms with Gasteiger partial charge in [0.1, 0.15) is 34.2 Å². The molecule has 10 nitrogen and oxygen atoms in total. The average molecular weight is 728 g/mol. The van der Waals surface area contributed by atoms with Crippen LogP contribution in [0.25, 0.3) is 32.9 Å². The van der Waals surface area contributed by atoms with E-state index < -0.39 is 17.2 Å². The number of pyridine rings is 1. The van der Waals surface area contributed by atoms with E-state index in [0.717, 1.165) is 51.5 Å². The van der Waals surface area contributed by atoms with Gasteiger partial charge in [0.25, 0.3) is 0 Å². The summed E-state index contributed by atoms with van der Waals surface area (Å²) in [7, 11) is 0. The van der Waals surface area contributed by atoms with Crippen molar-refractivity contribution in [2.24, 2.45) is 5.41 Å². The molecule has 1 saturated carbocycles. The van der Waals surface area contributed by atoms with E-state index in [2.05, 4.69) is 34.6 Å². The quantitative estimate of drug-likeness (QED) is 0.218. The molecule has 280 valence electrons. The lowest BCUT2D eigenvalue weighted by atomic mass is 9.74. The number of terminal acetylenes is 1. The van der Waals surface area contributed by atoms with Crippen molar-refractivity contribution in [1.82, 2.24) is 19.9 Å². The molecule has 2 unspecified atom stereocenters. The third kappa shape index (κ3) is 6.67. The van der Waals surface area contributed by atoms with Gasteiger partial charge in [0.15, 0.2) is 5.82 Å². The highest BCUT2D eigenvalue weighted by molar-refractivity contribution is 6.03. The van der Waals surface area contributed by atoms with Crippen LogP contribution in [0, 0.1) is 29.4 Å². The summed E-state index contributed by atoms with van der Waals surface area (Å²) in [5.74, 6) is 1.16. The number of hydrogen-bond donors (Lipinski definition) is 2. The van der Waals surface area contributed by atoms with Crippen LogP contribution >= 0.6 is 0 Å². The number of halogens is 2. The van der Waals surface area contributed by atoms with Gasteiger partial charge in [0.2, 0.25) is 0 Å². The highest BCUT2D eigenvalue weighted by Gasteiger charge is 2.50. The van der Waals surface area contributed by atoms with E-state index in [1.807, 2.05) is 4.90 Å². The van der Waals surface area contributed by atoms with E-state index in [0.29, 0.717) is 48.4 Å². The molecule has 0 spiro atoms. The number of rotatable bonds is 6. The highest BCUT2D eigenvalue weighted by Crippen LogP contribution is 2.50. The minimum Gasteiger partial charge on any atom is -0.508 e. The Bertz CT molecular complexity index is 2080. The predicted molar refractivity (Wildman–Crippen MR) is 198 cm³/mol. The second kappa shape index (κ2) is 13.9. The van der Waals surface area contributed by atoms with Crippen LogP contribution < -0.4 is 9.64 Å². The van der Waals surface area contributed by atoms with Crippen molar-refractivity contribution >= 4 is 27.5 Å². The summed E-state index contributed by atoms with van der Waals surface area (Å²) >= 11 is 0. The zero-order valence-corrected chi connectivity index (χ0v) is 30.6. The molecule has 2 aromatic carbocycles. The maximum absolute atomic E-state index is 17.1. The highest BCUT2D eigenvalue weighted by atomic mass is 19.1. The number of nitrogens with zero attached hydrogens (tertiary/aromatic N) is 5. The van der Waals surface area contributed by atoms with Gasteiger partial charge in [-0.3, -0.25) is 9.88 Å². The van der Waals surface area contributed by atoms with E-state index in [9.17, 15) is 14.6 Å². The van der Waals surface area contributed by atoms with Crippen molar-refractivity contribution in [2.75, 3.05) is 44.4 Å². The van der Waals surface area contributed by atoms with Crippen LogP contribution in [0.4, 0.5) is 14.6 Å². The van der Waals surface area contributed by atoms with Crippen molar-refractivity contribution in [3.05, 3.63) is 47.7 Å². The van der Waals surface area contributed by atoms with Gasteiger partial charge in [-0.2, -0.15) is 9.97 Å². The maximum Gasteiger partial charge on any atom is 0.319 e. The summed E-state index contributed by atoms with van der Waals surface area (Å²) in [6.45, 7) is 8.47. The van der Waals surface area contributed by atoms with Crippen molar-refractivity contribution < 1.29 is 33.2 Å². The number of piperidine rings is 1. The zero-order valence-electron chi connectivity index (χ0n) is 30.6. The molecule has 3 aliphatic heterocycles. The van der Waals surface area contributed by atoms with E-state index >= 15 is 4.39 Å². The number of anilines is 1. The Labute approximate surface area is 308 Å². The fourth-order valence-corrected chi connectivity index (χ4v) is 9.68. The molecule has 5 heterocycles. The SMILES string of the molecule is C#Cc1c(F)ccc2cc(O)cc(-c3ncc4c(N5CCOC[C@@](C)(O)C5)nc(OC[C@]56CCCC5N(C5C[C@@H](C)O[C@@H](C)C5)CCC6)nc4c3F)c12. The minimum atomic E-state index is -1.20. The number of β-amino-alcohol motifs (C(OH)–C–C–N with tert-alkyl or cyclic N) is 1. The van der Waals surface area contributed by atoms with Gasteiger partial charge < -0.3 is 29.3 Å². The fraction of sp³-hybridized carbons (Fsp3) is 0.537. The maximum atomic E-state index is 17.1. The van der Waals surface area contributed by atoms with Gasteiger partial charge >= 0.3 is 6.01 Å². The zero-order chi connectivity index (χ0) is 37.1. The molecule has 4 aliphatic rings. The third-order valence-electron chi connectivity index (χ3n) is 11.8. The Balaban J connectivity index is 1.21. The Morgan fingerprint density at radius 1 is 1.09 bits per heavy atom. The first-order chi connectivity index (χ1) is 25.4. The largest absolute Gasteiger partial charge is 0.508 e. The molecule has 53 heavy (non-hydrogen) atoms. The van der Waals surface area contributed by atoms with Gasteiger partial charge in [-0.15, -0.1) is 6.42 Å².